The topological polar surface area (TPSA) is 95.2 Å². The van der Waals surface area contributed by atoms with E-state index in [0.717, 1.165) is 16.8 Å². The van der Waals surface area contributed by atoms with Gasteiger partial charge in [-0.25, -0.2) is 0 Å². The molecule has 248 valence electrons. The standard InChI is InChI=1S/C37H51N5O4/c1-34(2)24-41-20-30-18-13-19-31(38-30)21-42(27-36(5,32(43)39-34)45-22-28-14-9-7-10-15-28)25-35(3,4)40-33(44)37(6,26-41)46-23-29-16-11-8-12-17-29/h7-19,30,38H,20-27H2,1-6H3,(H,39,43)(H,40,44). The molecule has 46 heavy (non-hydrogen) atoms. The number of amides is 2. The lowest BCUT2D eigenvalue weighted by Crippen LogP contribution is -2.65. The van der Waals surface area contributed by atoms with Crippen molar-refractivity contribution in [3.05, 3.63) is 95.7 Å². The number of allylic oxidation sites excluding steroid dienone is 2. The molecule has 5 rings (SSSR count). The molecule has 5 unspecified atom stereocenters. The Labute approximate surface area is 274 Å². The van der Waals surface area contributed by atoms with Gasteiger partial charge in [-0.1, -0.05) is 72.8 Å². The number of hydrogen-bond donors (Lipinski definition) is 3. The van der Waals surface area contributed by atoms with Crippen molar-refractivity contribution >= 4 is 11.8 Å². The van der Waals surface area contributed by atoms with Crippen LogP contribution < -0.4 is 16.0 Å². The van der Waals surface area contributed by atoms with E-state index in [1.165, 1.54) is 0 Å². The van der Waals surface area contributed by atoms with E-state index in [2.05, 4.69) is 44.0 Å². The summed E-state index contributed by atoms with van der Waals surface area (Å²) in [5.41, 5.74) is -0.587. The van der Waals surface area contributed by atoms with Gasteiger partial charge in [0, 0.05) is 56.0 Å². The van der Waals surface area contributed by atoms with Crippen molar-refractivity contribution in [2.75, 3.05) is 39.3 Å². The quantitative estimate of drug-likeness (QED) is 0.448. The molecule has 2 saturated heterocycles. The zero-order chi connectivity index (χ0) is 33.0. The second-order valence-corrected chi connectivity index (χ2v) is 14.8. The molecule has 2 aromatic carbocycles. The van der Waals surface area contributed by atoms with Crippen molar-refractivity contribution in [3.63, 3.8) is 0 Å². The fourth-order valence-corrected chi connectivity index (χ4v) is 6.65. The van der Waals surface area contributed by atoms with Crippen molar-refractivity contribution in [2.24, 2.45) is 0 Å². The summed E-state index contributed by atoms with van der Waals surface area (Å²) in [6.07, 6.45) is 6.36. The highest BCUT2D eigenvalue weighted by molar-refractivity contribution is 5.86. The Bertz CT molecular complexity index is 1430. The summed E-state index contributed by atoms with van der Waals surface area (Å²) in [5.74, 6) is -0.326. The van der Waals surface area contributed by atoms with E-state index in [1.54, 1.807) is 0 Å². The van der Waals surface area contributed by atoms with Crippen LogP contribution in [0.1, 0.15) is 52.7 Å². The summed E-state index contributed by atoms with van der Waals surface area (Å²) >= 11 is 0. The summed E-state index contributed by atoms with van der Waals surface area (Å²) in [4.78, 5) is 33.1. The van der Waals surface area contributed by atoms with Crippen molar-refractivity contribution in [2.45, 2.75) is 83.1 Å². The number of carbonyl (C=O) groups excluding carboxylic acids is 2. The maximum Gasteiger partial charge on any atom is 0.253 e. The van der Waals surface area contributed by atoms with Gasteiger partial charge >= 0.3 is 0 Å². The van der Waals surface area contributed by atoms with Crippen molar-refractivity contribution in [3.8, 4) is 0 Å². The predicted octanol–water partition coefficient (Wildman–Crippen LogP) is 3.77. The lowest BCUT2D eigenvalue weighted by Gasteiger charge is -2.44. The molecule has 3 N–H and O–H groups in total. The molecule has 0 spiro atoms. The van der Waals surface area contributed by atoms with Crippen LogP contribution in [0.3, 0.4) is 0 Å². The zero-order valence-electron chi connectivity index (χ0n) is 28.3. The average molecular weight is 630 g/mol. The first-order valence-corrected chi connectivity index (χ1v) is 16.3. The van der Waals surface area contributed by atoms with Crippen LogP contribution in [0, 0.1) is 0 Å². The minimum absolute atomic E-state index is 0.0185. The maximum absolute atomic E-state index is 14.3. The number of nitrogens with zero attached hydrogens (tertiary/aromatic N) is 2. The SMILES string of the molecule is CC1(C)CN2CC3C=CC=C(CN(CC(C)(C)NC(=O)C(C)(OCc4ccccc4)C2)CC(C)(OCc2ccccc2)C(=O)N1)N3. The Hall–Kier alpha value is -3.50. The summed E-state index contributed by atoms with van der Waals surface area (Å²) in [6.45, 7) is 15.3. The molecule has 2 amide bonds. The van der Waals surface area contributed by atoms with Gasteiger partial charge in [0.05, 0.1) is 19.3 Å². The van der Waals surface area contributed by atoms with Crippen LogP contribution >= 0.6 is 0 Å². The molecule has 4 bridgehead atoms. The van der Waals surface area contributed by atoms with E-state index in [0.29, 0.717) is 52.5 Å². The molecule has 2 aromatic rings. The van der Waals surface area contributed by atoms with Gasteiger partial charge in [0.1, 0.15) is 0 Å². The number of dihydropyridines is 1. The molecule has 2 fully saturated rings. The lowest BCUT2D eigenvalue weighted by molar-refractivity contribution is -0.156. The molecule has 3 heterocycles. The highest BCUT2D eigenvalue weighted by Crippen LogP contribution is 2.26. The Balaban J connectivity index is 1.54. The van der Waals surface area contributed by atoms with Crippen LogP contribution in [0.4, 0.5) is 0 Å². The highest BCUT2D eigenvalue weighted by atomic mass is 16.5. The first-order chi connectivity index (χ1) is 21.7. The Morgan fingerprint density at radius 2 is 1.17 bits per heavy atom. The number of carbonyl (C=O) groups is 2. The van der Waals surface area contributed by atoms with Crippen molar-refractivity contribution < 1.29 is 19.1 Å². The zero-order valence-corrected chi connectivity index (χ0v) is 28.3. The lowest BCUT2D eigenvalue weighted by atomic mass is 9.94. The third-order valence-electron chi connectivity index (χ3n) is 8.81. The van der Waals surface area contributed by atoms with Gasteiger partial charge in [0.2, 0.25) is 0 Å². The number of hydrogen-bond acceptors (Lipinski definition) is 7. The maximum atomic E-state index is 14.3. The highest BCUT2D eigenvalue weighted by Gasteiger charge is 2.45. The smallest absolute Gasteiger partial charge is 0.253 e. The Kier molecular flexibility index (Phi) is 10.1. The number of ether oxygens (including phenoxy) is 2. The number of fused-ring (bicyclic) bond motifs is 2. The molecule has 0 aromatic heterocycles. The summed E-state index contributed by atoms with van der Waals surface area (Å²) in [6, 6.07) is 19.9. The van der Waals surface area contributed by atoms with Crippen molar-refractivity contribution in [1.29, 1.82) is 0 Å². The normalized spacial score (nSPS) is 31.2. The van der Waals surface area contributed by atoms with Gasteiger partial charge in [-0.15, -0.1) is 0 Å². The Morgan fingerprint density at radius 1 is 0.696 bits per heavy atom. The van der Waals surface area contributed by atoms with E-state index in [4.69, 9.17) is 9.47 Å². The van der Waals surface area contributed by atoms with Gasteiger partial charge < -0.3 is 25.4 Å². The number of rotatable bonds is 6. The Morgan fingerprint density at radius 3 is 1.70 bits per heavy atom. The third kappa shape index (κ3) is 8.85. The largest absolute Gasteiger partial charge is 0.380 e. The fourth-order valence-electron chi connectivity index (χ4n) is 6.65. The van der Waals surface area contributed by atoms with E-state index < -0.39 is 22.3 Å². The van der Waals surface area contributed by atoms with Crippen LogP contribution in [-0.2, 0) is 32.3 Å². The summed E-state index contributed by atoms with van der Waals surface area (Å²) < 4.78 is 13.1. The second kappa shape index (κ2) is 13.7. The monoisotopic (exact) mass is 629 g/mol. The summed E-state index contributed by atoms with van der Waals surface area (Å²) in [7, 11) is 0. The van der Waals surface area contributed by atoms with Crippen LogP contribution in [0.15, 0.2) is 84.6 Å². The molecule has 9 nitrogen and oxygen atoms in total. The second-order valence-electron chi connectivity index (χ2n) is 14.8. The van der Waals surface area contributed by atoms with E-state index >= 15 is 0 Å². The van der Waals surface area contributed by atoms with Gasteiger partial charge in [0.25, 0.3) is 11.8 Å². The van der Waals surface area contributed by atoms with Crippen LogP contribution in [0.25, 0.3) is 0 Å². The first-order valence-electron chi connectivity index (χ1n) is 16.3. The van der Waals surface area contributed by atoms with E-state index in [1.807, 2.05) is 102 Å². The predicted molar refractivity (Wildman–Crippen MR) is 181 cm³/mol. The molecular formula is C37H51N5O4. The molecule has 3 aliphatic heterocycles. The van der Waals surface area contributed by atoms with Crippen LogP contribution in [0.5, 0.6) is 0 Å². The van der Waals surface area contributed by atoms with E-state index in [-0.39, 0.29) is 17.9 Å². The molecule has 0 saturated carbocycles. The molecule has 3 aliphatic rings. The van der Waals surface area contributed by atoms with E-state index in [9.17, 15) is 9.59 Å². The van der Waals surface area contributed by atoms with Crippen LogP contribution in [-0.4, -0.2) is 89.2 Å². The van der Waals surface area contributed by atoms with Crippen LogP contribution in [0.2, 0.25) is 0 Å². The molecular weight excluding hydrogens is 578 g/mol. The van der Waals surface area contributed by atoms with Crippen molar-refractivity contribution in [1.82, 2.24) is 25.8 Å². The average Bonchev–Trinajstić information content (AvgIpc) is 2.99. The minimum Gasteiger partial charge on any atom is -0.380 e. The molecule has 0 radical (unpaired) electrons. The van der Waals surface area contributed by atoms with Gasteiger partial charge in [-0.05, 0) is 58.7 Å². The number of benzene rings is 2. The first kappa shape index (κ1) is 33.9. The molecule has 0 aliphatic carbocycles. The fraction of sp³-hybridized carbons (Fsp3) is 0.514. The molecule has 9 heteroatoms. The molecule has 5 atom stereocenters. The number of nitrogens with one attached hydrogen (secondary N) is 3. The minimum atomic E-state index is -1.17. The summed E-state index contributed by atoms with van der Waals surface area (Å²) in [5, 5.41) is 10.4. The van der Waals surface area contributed by atoms with Gasteiger partial charge in [-0.3, -0.25) is 19.4 Å². The van der Waals surface area contributed by atoms with Gasteiger partial charge in [-0.2, -0.15) is 0 Å². The van der Waals surface area contributed by atoms with Gasteiger partial charge in [0.15, 0.2) is 11.2 Å². The third-order valence-corrected chi connectivity index (χ3v) is 8.81.